The molecule has 0 N–H and O–H groups in total. The van der Waals surface area contributed by atoms with Gasteiger partial charge in [0.05, 0.1) is 0 Å². The first kappa shape index (κ1) is 19.6. The number of nitrogens with zero attached hydrogens (tertiary/aromatic N) is 2. The Kier molecular flexibility index (Phi) is 5.03. The minimum atomic E-state index is 0.660. The minimum Gasteiger partial charge on any atom is -0.318 e. The zero-order valence-electron chi connectivity index (χ0n) is 15.9. The Morgan fingerprint density at radius 2 is 0.767 bits per heavy atom. The van der Waals surface area contributed by atoms with Crippen molar-refractivity contribution in [3.05, 3.63) is 102 Å². The van der Waals surface area contributed by atoms with Gasteiger partial charge in [0, 0.05) is 34.6 Å². The van der Waals surface area contributed by atoms with Gasteiger partial charge in [-0.1, -0.05) is 110 Å². The van der Waals surface area contributed by atoms with Crippen LogP contribution in [-0.2, 0) is 13.1 Å². The van der Waals surface area contributed by atoms with Crippen LogP contribution in [-0.4, -0.2) is 9.13 Å². The molecule has 0 amide bonds. The van der Waals surface area contributed by atoms with E-state index in [0.717, 1.165) is 40.1 Å². The molecule has 6 heteroatoms. The zero-order chi connectivity index (χ0) is 20.8. The molecule has 0 aliphatic heterocycles. The predicted octanol–water partition coefficient (Wildman–Crippen LogP) is 7.49. The highest BCUT2D eigenvalue weighted by Crippen LogP contribution is 2.30. The van der Waals surface area contributed by atoms with Gasteiger partial charge in [-0.05, 0) is 23.3 Å². The van der Waals surface area contributed by atoms with E-state index in [0.29, 0.717) is 13.1 Å². The second-order valence-electron chi connectivity index (χ2n) is 7.31. The van der Waals surface area contributed by atoms with Crippen LogP contribution in [0.25, 0.3) is 21.5 Å². The summed E-state index contributed by atoms with van der Waals surface area (Å²) in [5.41, 5.74) is 2.34. The van der Waals surface area contributed by atoms with Gasteiger partial charge in [-0.3, -0.25) is 0 Å². The van der Waals surface area contributed by atoms with Gasteiger partial charge in [-0.25, -0.2) is 0 Å². The van der Waals surface area contributed by atoms with Gasteiger partial charge in [0.2, 0.25) is 0 Å². The average molecular weight is 461 g/mol. The quantitative estimate of drug-likeness (QED) is 0.257. The first-order valence-corrected chi connectivity index (χ1v) is 11.2. The van der Waals surface area contributed by atoms with Crippen LogP contribution in [0.2, 0.25) is 0 Å². The van der Waals surface area contributed by atoms with Crippen molar-refractivity contribution in [3.63, 3.8) is 0 Å². The third-order valence-corrected chi connectivity index (χ3v) is 7.19. The Hall–Kier alpha value is -2.38. The summed E-state index contributed by atoms with van der Waals surface area (Å²) in [6, 6.07) is 24.6. The standard InChI is InChI=1S/C24H16N2S4/c27-21-17-11-19-20(24(30)26(23(19)29)14-16-9-5-2-6-10-16)12-18(17)22(28)25(21)13-15-7-3-1-4-8-15/h1-12H,13-14H2. The monoisotopic (exact) mass is 460 g/mol. The van der Waals surface area contributed by atoms with Crippen LogP contribution < -0.4 is 0 Å². The lowest BCUT2D eigenvalue weighted by molar-refractivity contribution is 0.787. The number of benzene rings is 3. The smallest absolute Gasteiger partial charge is 0.115 e. The third kappa shape index (κ3) is 3.20. The summed E-state index contributed by atoms with van der Waals surface area (Å²) in [6.45, 7) is 1.32. The molecule has 0 saturated heterocycles. The van der Waals surface area contributed by atoms with Crippen LogP contribution in [0.15, 0.2) is 72.8 Å². The molecule has 0 radical (unpaired) electrons. The SMILES string of the molecule is S=c1c2cc3c(=S)n(Cc4ccccc4)c(=S)c3cc2c(=S)n1Cc1ccccc1. The number of hydrogen-bond acceptors (Lipinski definition) is 4. The highest BCUT2D eigenvalue weighted by Gasteiger charge is 2.14. The molecule has 0 aliphatic carbocycles. The lowest BCUT2D eigenvalue weighted by Gasteiger charge is -2.03. The fourth-order valence-corrected chi connectivity index (χ4v) is 5.31. The first-order chi connectivity index (χ1) is 14.5. The van der Waals surface area contributed by atoms with Crippen LogP contribution >= 0.6 is 48.9 Å². The van der Waals surface area contributed by atoms with Gasteiger partial charge in [0.1, 0.15) is 18.6 Å². The lowest BCUT2D eigenvalue weighted by Crippen LogP contribution is -1.99. The number of aromatic nitrogens is 2. The molecule has 0 fully saturated rings. The molecule has 0 atom stereocenters. The third-order valence-electron chi connectivity index (χ3n) is 5.43. The maximum Gasteiger partial charge on any atom is 0.115 e. The van der Waals surface area contributed by atoms with Crippen molar-refractivity contribution in [2.24, 2.45) is 0 Å². The summed E-state index contributed by atoms with van der Waals surface area (Å²) in [5.74, 6) is 0. The molecule has 3 aromatic carbocycles. The van der Waals surface area contributed by atoms with Crippen LogP contribution in [0.4, 0.5) is 0 Å². The van der Waals surface area contributed by atoms with E-state index in [1.54, 1.807) is 0 Å². The van der Waals surface area contributed by atoms with E-state index in [1.807, 2.05) is 45.5 Å². The van der Waals surface area contributed by atoms with Crippen molar-refractivity contribution in [1.29, 1.82) is 0 Å². The van der Waals surface area contributed by atoms with Gasteiger partial charge < -0.3 is 9.13 Å². The van der Waals surface area contributed by atoms with Crippen LogP contribution in [0.3, 0.4) is 0 Å². The Morgan fingerprint density at radius 3 is 1.07 bits per heavy atom. The van der Waals surface area contributed by atoms with E-state index in [4.69, 9.17) is 48.9 Å². The maximum absolute atomic E-state index is 5.79. The molecule has 2 nitrogen and oxygen atoms in total. The Morgan fingerprint density at radius 1 is 0.467 bits per heavy atom. The molecule has 30 heavy (non-hydrogen) atoms. The van der Waals surface area contributed by atoms with Crippen LogP contribution in [0.1, 0.15) is 11.1 Å². The fraction of sp³-hybridized carbons (Fsp3) is 0.0833. The molecule has 0 bridgehead atoms. The van der Waals surface area contributed by atoms with Crippen molar-refractivity contribution in [2.75, 3.05) is 0 Å². The largest absolute Gasteiger partial charge is 0.318 e. The molecular formula is C24H16N2S4. The van der Waals surface area contributed by atoms with Gasteiger partial charge in [0.25, 0.3) is 0 Å². The summed E-state index contributed by atoms with van der Waals surface area (Å²) >= 11 is 23.2. The zero-order valence-corrected chi connectivity index (χ0v) is 19.1. The predicted molar refractivity (Wildman–Crippen MR) is 134 cm³/mol. The normalized spacial score (nSPS) is 11.5. The Balaban J connectivity index is 1.69. The number of hydrogen-bond donors (Lipinski definition) is 0. The maximum atomic E-state index is 5.79. The number of rotatable bonds is 4. The Labute approximate surface area is 194 Å². The fourth-order valence-electron chi connectivity index (χ4n) is 3.89. The highest BCUT2D eigenvalue weighted by atomic mass is 32.1. The second kappa shape index (κ2) is 7.71. The molecule has 146 valence electrons. The van der Waals surface area contributed by atoms with E-state index >= 15 is 0 Å². The van der Waals surface area contributed by atoms with Gasteiger partial charge >= 0.3 is 0 Å². The molecular weight excluding hydrogens is 445 g/mol. The summed E-state index contributed by atoms with van der Waals surface area (Å²) in [7, 11) is 0. The van der Waals surface area contributed by atoms with Crippen molar-refractivity contribution >= 4 is 70.4 Å². The van der Waals surface area contributed by atoms with Gasteiger partial charge in [-0.2, -0.15) is 0 Å². The van der Waals surface area contributed by atoms with Crippen molar-refractivity contribution in [3.8, 4) is 0 Å². The molecule has 2 aromatic heterocycles. The van der Waals surface area contributed by atoms with Crippen molar-refractivity contribution in [1.82, 2.24) is 9.13 Å². The molecule has 5 rings (SSSR count). The van der Waals surface area contributed by atoms with E-state index < -0.39 is 0 Å². The van der Waals surface area contributed by atoms with E-state index in [2.05, 4.69) is 36.4 Å². The van der Waals surface area contributed by atoms with Crippen molar-refractivity contribution in [2.45, 2.75) is 13.1 Å². The molecule has 5 aromatic rings. The van der Waals surface area contributed by atoms with Gasteiger partial charge in [0.15, 0.2) is 0 Å². The van der Waals surface area contributed by atoms with Gasteiger partial charge in [-0.15, -0.1) is 0 Å². The van der Waals surface area contributed by atoms with E-state index in [9.17, 15) is 0 Å². The second-order valence-corrected chi connectivity index (χ2v) is 8.85. The van der Waals surface area contributed by atoms with Crippen molar-refractivity contribution < 1.29 is 0 Å². The van der Waals surface area contributed by atoms with Crippen LogP contribution in [0, 0.1) is 18.6 Å². The summed E-state index contributed by atoms with van der Waals surface area (Å²) in [6.07, 6.45) is 0. The lowest BCUT2D eigenvalue weighted by atomic mass is 10.1. The summed E-state index contributed by atoms with van der Waals surface area (Å²) in [5, 5.41) is 3.88. The topological polar surface area (TPSA) is 9.86 Å². The molecule has 0 aliphatic rings. The molecule has 0 spiro atoms. The molecule has 0 unspecified atom stereocenters. The number of fused-ring (bicyclic) bond motifs is 2. The van der Waals surface area contributed by atoms with E-state index in [-0.39, 0.29) is 0 Å². The molecule has 0 saturated carbocycles. The molecule has 2 heterocycles. The minimum absolute atomic E-state index is 0.660. The highest BCUT2D eigenvalue weighted by molar-refractivity contribution is 7.72. The summed E-state index contributed by atoms with van der Waals surface area (Å²) < 4.78 is 7.03. The van der Waals surface area contributed by atoms with E-state index in [1.165, 1.54) is 11.1 Å². The van der Waals surface area contributed by atoms with Crippen LogP contribution in [0.5, 0.6) is 0 Å². The Bertz CT molecular complexity index is 1410. The summed E-state index contributed by atoms with van der Waals surface area (Å²) in [4.78, 5) is 0. The first-order valence-electron chi connectivity index (χ1n) is 9.53. The average Bonchev–Trinajstić information content (AvgIpc) is 3.14.